The fourth-order valence-electron chi connectivity index (χ4n) is 3.03. The Labute approximate surface area is 213 Å². The molecule has 170 valence electrons. The van der Waals surface area contributed by atoms with Gasteiger partial charge in [0.05, 0.1) is 19.3 Å². The molecular formula is C25H32I2O4. The number of aliphatic hydroxyl groups excluding tert-OH is 1. The van der Waals surface area contributed by atoms with E-state index >= 15 is 0 Å². The van der Waals surface area contributed by atoms with Crippen LogP contribution >= 0.6 is 45.2 Å². The largest absolute Gasteiger partial charge is 0.489 e. The zero-order valence-electron chi connectivity index (χ0n) is 18.1. The number of hydrogen-bond donors (Lipinski definition) is 1. The Morgan fingerprint density at radius 3 is 1.68 bits per heavy atom. The Hall–Kier alpha value is -0.580. The van der Waals surface area contributed by atoms with Crippen LogP contribution in [0.15, 0.2) is 36.4 Å². The van der Waals surface area contributed by atoms with Gasteiger partial charge >= 0.3 is 0 Å². The van der Waals surface area contributed by atoms with Crippen LogP contribution in [0, 0.1) is 7.14 Å². The van der Waals surface area contributed by atoms with E-state index in [-0.39, 0.29) is 6.61 Å². The third kappa shape index (κ3) is 9.43. The lowest BCUT2D eigenvalue weighted by Gasteiger charge is -2.08. The van der Waals surface area contributed by atoms with E-state index in [1.54, 1.807) is 7.11 Å². The van der Waals surface area contributed by atoms with Gasteiger partial charge in [-0.25, -0.2) is 0 Å². The summed E-state index contributed by atoms with van der Waals surface area (Å²) >= 11 is 4.66. The lowest BCUT2D eigenvalue weighted by atomic mass is 10.1. The fourth-order valence-corrected chi connectivity index (χ4v) is 4.44. The molecule has 0 heterocycles. The van der Waals surface area contributed by atoms with Crippen molar-refractivity contribution in [1.82, 2.24) is 0 Å². The average molecular weight is 650 g/mol. The molecule has 0 unspecified atom stereocenters. The molecule has 0 bridgehead atoms. The molecule has 0 atom stereocenters. The van der Waals surface area contributed by atoms with Gasteiger partial charge in [0.2, 0.25) is 0 Å². The Kier molecular flexibility index (Phi) is 10.7. The number of rotatable bonds is 11. The van der Waals surface area contributed by atoms with E-state index in [0.29, 0.717) is 12.2 Å². The van der Waals surface area contributed by atoms with Crippen molar-refractivity contribution in [3.63, 3.8) is 0 Å². The maximum absolute atomic E-state index is 8.75. The zero-order valence-corrected chi connectivity index (χ0v) is 22.4. The van der Waals surface area contributed by atoms with Crippen LogP contribution < -0.4 is 9.47 Å². The first-order valence-corrected chi connectivity index (χ1v) is 13.2. The van der Waals surface area contributed by atoms with E-state index in [2.05, 4.69) is 75.5 Å². The molecule has 0 amide bonds. The van der Waals surface area contributed by atoms with Gasteiger partial charge in [0.1, 0.15) is 11.5 Å². The normalized spacial score (nSPS) is 15.2. The third-order valence-corrected chi connectivity index (χ3v) is 6.75. The highest BCUT2D eigenvalue weighted by atomic mass is 127. The molecule has 0 spiro atoms. The van der Waals surface area contributed by atoms with Crippen molar-refractivity contribution < 1.29 is 19.3 Å². The van der Waals surface area contributed by atoms with E-state index < -0.39 is 0 Å². The molecule has 0 aliphatic heterocycles. The molecule has 2 fully saturated rings. The standard InChI is InChI=1S/C13H17IO2.C12H15IO2/c1-15-8-2-3-10-4-7-13(12(14)9-10)16-11-5-6-11;13-11-8-9(2-1-7-14)3-6-12(11)15-10-4-5-10/h4,7,9,11H,2-3,5-6,8H2,1H3;3,6,8,10,14H,1-2,4-5,7H2. The Morgan fingerprint density at radius 1 is 0.806 bits per heavy atom. The van der Waals surface area contributed by atoms with Crippen molar-refractivity contribution in [2.24, 2.45) is 0 Å². The van der Waals surface area contributed by atoms with Crippen LogP contribution in [0.25, 0.3) is 0 Å². The monoisotopic (exact) mass is 650 g/mol. The highest BCUT2D eigenvalue weighted by Gasteiger charge is 2.24. The average Bonchev–Trinajstić information content (AvgIpc) is 3.67. The summed E-state index contributed by atoms with van der Waals surface area (Å²) in [6.07, 6.45) is 9.69. The smallest absolute Gasteiger partial charge is 0.133 e. The van der Waals surface area contributed by atoms with Crippen LogP contribution in [0.1, 0.15) is 49.7 Å². The van der Waals surface area contributed by atoms with Gasteiger partial charge in [-0.1, -0.05) is 12.1 Å². The maximum atomic E-state index is 8.75. The van der Waals surface area contributed by atoms with E-state index in [4.69, 9.17) is 19.3 Å². The number of aryl methyl sites for hydroxylation is 2. The van der Waals surface area contributed by atoms with Crippen molar-refractivity contribution in [3.8, 4) is 11.5 Å². The van der Waals surface area contributed by atoms with Crippen molar-refractivity contribution >= 4 is 45.2 Å². The molecule has 0 saturated heterocycles. The minimum atomic E-state index is 0.261. The Morgan fingerprint density at radius 2 is 1.29 bits per heavy atom. The van der Waals surface area contributed by atoms with Crippen molar-refractivity contribution in [1.29, 1.82) is 0 Å². The number of ether oxygens (including phenoxy) is 3. The SMILES string of the molecule is COCCCc1ccc(OC2CC2)c(I)c1.OCCCc1ccc(OC2CC2)c(I)c1. The molecule has 4 nitrogen and oxygen atoms in total. The fraction of sp³-hybridized carbons (Fsp3) is 0.520. The van der Waals surface area contributed by atoms with E-state index in [1.165, 1.54) is 44.0 Å². The van der Waals surface area contributed by atoms with Crippen molar-refractivity contribution in [2.45, 2.75) is 63.6 Å². The lowest BCUT2D eigenvalue weighted by molar-refractivity contribution is 0.195. The maximum Gasteiger partial charge on any atom is 0.133 e. The van der Waals surface area contributed by atoms with Gasteiger partial charge in [0.25, 0.3) is 0 Å². The van der Waals surface area contributed by atoms with E-state index in [9.17, 15) is 0 Å². The van der Waals surface area contributed by atoms with Gasteiger partial charge in [-0.15, -0.1) is 0 Å². The van der Waals surface area contributed by atoms with Crippen LogP contribution in [-0.2, 0) is 17.6 Å². The van der Waals surface area contributed by atoms with Crippen LogP contribution in [0.5, 0.6) is 11.5 Å². The summed E-state index contributed by atoms with van der Waals surface area (Å²) in [5.74, 6) is 2.05. The van der Waals surface area contributed by atoms with Gasteiger partial charge in [-0.05, 0) is 132 Å². The minimum absolute atomic E-state index is 0.261. The molecular weight excluding hydrogens is 618 g/mol. The van der Waals surface area contributed by atoms with Crippen LogP contribution in [0.4, 0.5) is 0 Å². The number of aliphatic hydroxyl groups is 1. The Bertz CT molecular complexity index is 819. The predicted octanol–water partition coefficient (Wildman–Crippen LogP) is 6.17. The third-order valence-electron chi connectivity index (χ3n) is 5.07. The molecule has 4 rings (SSSR count). The topological polar surface area (TPSA) is 47.9 Å². The summed E-state index contributed by atoms with van der Waals surface area (Å²) < 4.78 is 19.0. The van der Waals surface area contributed by atoms with Gasteiger partial charge in [0, 0.05) is 20.3 Å². The highest BCUT2D eigenvalue weighted by molar-refractivity contribution is 14.1. The molecule has 31 heavy (non-hydrogen) atoms. The minimum Gasteiger partial charge on any atom is -0.489 e. The highest BCUT2D eigenvalue weighted by Crippen LogP contribution is 2.31. The molecule has 6 heteroatoms. The number of hydrogen-bond acceptors (Lipinski definition) is 4. The van der Waals surface area contributed by atoms with Gasteiger partial charge in [-0.3, -0.25) is 0 Å². The first-order valence-electron chi connectivity index (χ1n) is 11.1. The van der Waals surface area contributed by atoms with Crippen molar-refractivity contribution in [2.75, 3.05) is 20.3 Å². The summed E-state index contributed by atoms with van der Waals surface area (Å²) in [5, 5.41) is 8.75. The zero-order chi connectivity index (χ0) is 22.1. The Balaban J connectivity index is 0.000000176. The second-order valence-corrected chi connectivity index (χ2v) is 10.4. The molecule has 2 aromatic carbocycles. The second-order valence-electron chi connectivity index (χ2n) is 8.09. The second kappa shape index (κ2) is 13.2. The summed E-state index contributed by atoms with van der Waals surface area (Å²) in [5.41, 5.74) is 2.64. The molecule has 2 saturated carbocycles. The molecule has 0 radical (unpaired) electrons. The quantitative estimate of drug-likeness (QED) is 0.234. The van der Waals surface area contributed by atoms with Gasteiger partial charge in [-0.2, -0.15) is 0 Å². The van der Waals surface area contributed by atoms with Gasteiger partial charge < -0.3 is 19.3 Å². The van der Waals surface area contributed by atoms with Crippen LogP contribution in [0.2, 0.25) is 0 Å². The van der Waals surface area contributed by atoms with E-state index in [1.807, 2.05) is 6.07 Å². The number of methoxy groups -OCH3 is 1. The summed E-state index contributed by atoms with van der Waals surface area (Å²) in [6.45, 7) is 1.09. The first-order chi connectivity index (χ1) is 15.1. The lowest BCUT2D eigenvalue weighted by Crippen LogP contribution is -1.99. The molecule has 2 aromatic rings. The van der Waals surface area contributed by atoms with Crippen molar-refractivity contribution in [3.05, 3.63) is 54.7 Å². The van der Waals surface area contributed by atoms with Crippen LogP contribution in [0.3, 0.4) is 0 Å². The molecule has 2 aliphatic rings. The summed E-state index contributed by atoms with van der Waals surface area (Å²) in [4.78, 5) is 0. The summed E-state index contributed by atoms with van der Waals surface area (Å²) in [6, 6.07) is 12.8. The number of halogens is 2. The molecule has 1 N–H and O–H groups in total. The van der Waals surface area contributed by atoms with E-state index in [0.717, 1.165) is 43.8 Å². The van der Waals surface area contributed by atoms with Gasteiger partial charge in [0.15, 0.2) is 0 Å². The summed E-state index contributed by atoms with van der Waals surface area (Å²) in [7, 11) is 1.75. The first kappa shape index (κ1) is 25.1. The van der Waals surface area contributed by atoms with Crippen LogP contribution in [-0.4, -0.2) is 37.6 Å². The molecule has 2 aliphatic carbocycles. The molecule has 0 aromatic heterocycles. The predicted molar refractivity (Wildman–Crippen MR) is 141 cm³/mol. The number of benzene rings is 2.